The van der Waals surface area contributed by atoms with E-state index in [4.69, 9.17) is 4.74 Å². The third kappa shape index (κ3) is 3.34. The van der Waals surface area contributed by atoms with Crippen LogP contribution in [0, 0.1) is 5.92 Å². The van der Waals surface area contributed by atoms with Crippen LogP contribution in [0.2, 0.25) is 0 Å². The number of carbonyl (C=O) groups excluding carboxylic acids is 1. The van der Waals surface area contributed by atoms with Crippen molar-refractivity contribution >= 4 is 16.8 Å². The normalized spacial score (nSPS) is 17.0. The number of aromatic amines is 1. The minimum Gasteiger partial charge on any atom is -0.381 e. The number of para-hydroxylation sites is 1. The van der Waals surface area contributed by atoms with E-state index in [0.29, 0.717) is 6.54 Å². The second-order valence-electron chi connectivity index (χ2n) is 7.15. The van der Waals surface area contributed by atoms with Gasteiger partial charge in [-0.25, -0.2) is 0 Å². The molecule has 2 aliphatic carbocycles. The van der Waals surface area contributed by atoms with Crippen LogP contribution in [-0.2, 0) is 17.6 Å². The molecule has 4 nitrogen and oxygen atoms in total. The average Bonchev–Trinajstić information content (AvgIpc) is 3.35. The zero-order valence-electron chi connectivity index (χ0n) is 14.2. The third-order valence-electron chi connectivity index (χ3n) is 5.18. The van der Waals surface area contributed by atoms with E-state index in [9.17, 15) is 4.79 Å². The highest BCUT2D eigenvalue weighted by molar-refractivity contribution is 6.06. The fourth-order valence-electron chi connectivity index (χ4n) is 3.62. The number of hydrogen-bond acceptors (Lipinski definition) is 2. The first-order chi connectivity index (χ1) is 11.8. The summed E-state index contributed by atoms with van der Waals surface area (Å²) in [4.78, 5) is 16.1. The minimum atomic E-state index is 0.0152. The van der Waals surface area contributed by atoms with Crippen LogP contribution in [0.1, 0.15) is 53.7 Å². The molecule has 1 aromatic carbocycles. The zero-order valence-corrected chi connectivity index (χ0v) is 14.2. The lowest BCUT2D eigenvalue weighted by molar-refractivity contribution is 0.0939. The smallest absolute Gasteiger partial charge is 0.253 e. The molecule has 1 aromatic heterocycles. The third-order valence-corrected chi connectivity index (χ3v) is 5.18. The fraction of sp³-hybridized carbons (Fsp3) is 0.550. The molecule has 2 N–H and O–H groups in total. The van der Waals surface area contributed by atoms with E-state index in [1.807, 2.05) is 12.1 Å². The molecule has 0 bridgehead atoms. The van der Waals surface area contributed by atoms with Crippen LogP contribution in [0.15, 0.2) is 18.2 Å². The highest BCUT2D eigenvalue weighted by Gasteiger charge is 2.21. The van der Waals surface area contributed by atoms with Gasteiger partial charge in [-0.1, -0.05) is 12.1 Å². The summed E-state index contributed by atoms with van der Waals surface area (Å²) in [5.74, 6) is 0.817. The van der Waals surface area contributed by atoms with Gasteiger partial charge in [0.2, 0.25) is 0 Å². The quantitative estimate of drug-likeness (QED) is 0.764. The summed E-state index contributed by atoms with van der Waals surface area (Å²) in [5.41, 5.74) is 4.51. The molecule has 2 aromatic rings. The van der Waals surface area contributed by atoms with Gasteiger partial charge in [0.25, 0.3) is 5.91 Å². The van der Waals surface area contributed by atoms with Crippen molar-refractivity contribution < 1.29 is 9.53 Å². The molecule has 2 aliphatic rings. The van der Waals surface area contributed by atoms with Gasteiger partial charge in [-0.05, 0) is 62.5 Å². The molecule has 4 rings (SSSR count). The number of fused-ring (bicyclic) bond motifs is 3. The summed E-state index contributed by atoms with van der Waals surface area (Å²) in [6.45, 7) is 2.29. The topological polar surface area (TPSA) is 54.1 Å². The summed E-state index contributed by atoms with van der Waals surface area (Å²) < 4.78 is 5.61. The fourth-order valence-corrected chi connectivity index (χ4v) is 3.62. The first kappa shape index (κ1) is 15.7. The van der Waals surface area contributed by atoms with Gasteiger partial charge in [-0.15, -0.1) is 0 Å². The number of aryl methyl sites for hydroxylation is 2. The number of aromatic nitrogens is 1. The van der Waals surface area contributed by atoms with Gasteiger partial charge in [0.15, 0.2) is 0 Å². The largest absolute Gasteiger partial charge is 0.381 e. The highest BCUT2D eigenvalue weighted by Crippen LogP contribution is 2.31. The van der Waals surface area contributed by atoms with Gasteiger partial charge >= 0.3 is 0 Å². The van der Waals surface area contributed by atoms with Gasteiger partial charge < -0.3 is 15.0 Å². The molecule has 0 atom stereocenters. The summed E-state index contributed by atoms with van der Waals surface area (Å²) in [7, 11) is 0. The Morgan fingerprint density at radius 2 is 2.12 bits per heavy atom. The van der Waals surface area contributed by atoms with E-state index in [0.717, 1.165) is 49.5 Å². The van der Waals surface area contributed by atoms with E-state index in [2.05, 4.69) is 16.4 Å². The molecular weight excluding hydrogens is 300 g/mol. The van der Waals surface area contributed by atoms with E-state index in [1.165, 1.54) is 42.3 Å². The lowest BCUT2D eigenvalue weighted by Crippen LogP contribution is -2.25. The Kier molecular flexibility index (Phi) is 4.56. The standard InChI is InChI=1S/C20H26N2O2/c23-20(21-11-4-12-24-13-14-9-10-14)17-7-3-6-16-15-5-1-2-8-18(15)22-19(16)17/h3,6-7,14,22H,1-2,4-5,8-13H2,(H,21,23). The van der Waals surface area contributed by atoms with Crippen LogP contribution in [-0.4, -0.2) is 30.6 Å². The lowest BCUT2D eigenvalue weighted by Gasteiger charge is -2.10. The minimum absolute atomic E-state index is 0.0152. The number of H-pyrrole nitrogens is 1. The molecule has 0 unspecified atom stereocenters. The molecule has 1 fully saturated rings. The predicted molar refractivity (Wildman–Crippen MR) is 95.4 cm³/mol. The van der Waals surface area contributed by atoms with Crippen LogP contribution >= 0.6 is 0 Å². The molecule has 0 radical (unpaired) electrons. The van der Waals surface area contributed by atoms with Crippen molar-refractivity contribution in [3.8, 4) is 0 Å². The summed E-state index contributed by atoms with van der Waals surface area (Å²) >= 11 is 0. The number of ether oxygens (including phenoxy) is 1. The van der Waals surface area contributed by atoms with Gasteiger partial charge in [0.1, 0.15) is 0 Å². The Bertz CT molecular complexity index is 731. The molecule has 0 saturated heterocycles. The zero-order chi connectivity index (χ0) is 16.4. The van der Waals surface area contributed by atoms with Crippen molar-refractivity contribution in [1.29, 1.82) is 0 Å². The molecule has 1 amide bonds. The Morgan fingerprint density at radius 1 is 1.25 bits per heavy atom. The van der Waals surface area contributed by atoms with Crippen LogP contribution in [0.5, 0.6) is 0 Å². The Hall–Kier alpha value is -1.81. The Labute approximate surface area is 143 Å². The second kappa shape index (κ2) is 6.98. The van der Waals surface area contributed by atoms with Crippen molar-refractivity contribution in [2.75, 3.05) is 19.8 Å². The van der Waals surface area contributed by atoms with Crippen molar-refractivity contribution in [2.45, 2.75) is 44.9 Å². The van der Waals surface area contributed by atoms with Crippen LogP contribution in [0.3, 0.4) is 0 Å². The maximum atomic E-state index is 12.6. The number of rotatable bonds is 7. The van der Waals surface area contributed by atoms with Gasteiger partial charge in [0.05, 0.1) is 11.1 Å². The maximum absolute atomic E-state index is 12.6. The van der Waals surface area contributed by atoms with Gasteiger partial charge in [0, 0.05) is 30.8 Å². The molecular formula is C20H26N2O2. The van der Waals surface area contributed by atoms with Crippen molar-refractivity contribution in [3.05, 3.63) is 35.0 Å². The molecule has 128 valence electrons. The summed E-state index contributed by atoms with van der Waals surface area (Å²) in [6, 6.07) is 6.06. The highest BCUT2D eigenvalue weighted by atomic mass is 16.5. The molecule has 1 heterocycles. The predicted octanol–water partition coefficient (Wildman–Crippen LogP) is 3.59. The number of carbonyl (C=O) groups is 1. The van der Waals surface area contributed by atoms with E-state index >= 15 is 0 Å². The Morgan fingerprint density at radius 3 is 3.00 bits per heavy atom. The lowest BCUT2D eigenvalue weighted by atomic mass is 9.95. The van der Waals surface area contributed by atoms with Crippen LogP contribution in [0.4, 0.5) is 0 Å². The number of nitrogens with one attached hydrogen (secondary N) is 2. The van der Waals surface area contributed by atoms with Crippen molar-refractivity contribution in [3.63, 3.8) is 0 Å². The van der Waals surface area contributed by atoms with Gasteiger partial charge in [-0.3, -0.25) is 4.79 Å². The van der Waals surface area contributed by atoms with E-state index in [-0.39, 0.29) is 5.91 Å². The molecule has 4 heteroatoms. The Balaban J connectivity index is 1.37. The van der Waals surface area contributed by atoms with E-state index in [1.54, 1.807) is 0 Å². The second-order valence-corrected chi connectivity index (χ2v) is 7.15. The molecule has 24 heavy (non-hydrogen) atoms. The van der Waals surface area contributed by atoms with Crippen molar-refractivity contribution in [2.24, 2.45) is 5.92 Å². The molecule has 0 aliphatic heterocycles. The average molecular weight is 326 g/mol. The summed E-state index contributed by atoms with van der Waals surface area (Å²) in [6.07, 6.45) is 8.22. The van der Waals surface area contributed by atoms with Gasteiger partial charge in [-0.2, -0.15) is 0 Å². The number of hydrogen-bond donors (Lipinski definition) is 2. The number of amides is 1. The molecule has 0 spiro atoms. The van der Waals surface area contributed by atoms with E-state index < -0.39 is 0 Å². The number of benzene rings is 1. The molecule has 1 saturated carbocycles. The maximum Gasteiger partial charge on any atom is 0.253 e. The SMILES string of the molecule is O=C(NCCCOCC1CC1)c1cccc2c3c([nH]c12)CCCC3. The van der Waals surface area contributed by atoms with Crippen molar-refractivity contribution in [1.82, 2.24) is 10.3 Å². The van der Waals surface area contributed by atoms with Crippen LogP contribution in [0.25, 0.3) is 10.9 Å². The van der Waals surface area contributed by atoms with Crippen LogP contribution < -0.4 is 5.32 Å². The summed E-state index contributed by atoms with van der Waals surface area (Å²) in [5, 5.41) is 4.26. The monoisotopic (exact) mass is 326 g/mol. The first-order valence-electron chi connectivity index (χ1n) is 9.31. The first-order valence-corrected chi connectivity index (χ1v) is 9.31.